The Morgan fingerprint density at radius 3 is 2.71 bits per heavy atom. The van der Waals surface area contributed by atoms with Gasteiger partial charge in [-0.25, -0.2) is 4.39 Å². The molecule has 4 heterocycles. The van der Waals surface area contributed by atoms with Crippen molar-refractivity contribution in [1.29, 1.82) is 0 Å². The standard InChI is InChI=1S/C33H34BrClFN5O3S/c34-26-17-29-25(32-30(41(29)22-6-7-22)18-37-39-33(32)38-21-5-10-28(36)27(35)15-21)16-31(26)43-13-3-4-14-45(42)20-24-9-8-23(44-24)19-40-11-1-2-12-40/h5,8-10,15-18,22H,1-4,6-7,11-14,19-20H2,(H,38,39). The second-order valence-corrected chi connectivity index (χ2v) is 14.6. The average molecular weight is 715 g/mol. The van der Waals surface area contributed by atoms with Gasteiger partial charge in [0.1, 0.15) is 23.1 Å². The number of benzene rings is 2. The van der Waals surface area contributed by atoms with Crippen LogP contribution >= 0.6 is 27.5 Å². The second kappa shape index (κ2) is 13.4. The van der Waals surface area contributed by atoms with E-state index >= 15 is 0 Å². The summed E-state index contributed by atoms with van der Waals surface area (Å²) in [6.07, 6.45) is 8.08. The quantitative estimate of drug-likeness (QED) is 0.122. The lowest BCUT2D eigenvalue weighted by Crippen LogP contribution is -2.17. The van der Waals surface area contributed by atoms with Crippen LogP contribution in [-0.2, 0) is 23.1 Å². The van der Waals surface area contributed by atoms with Crippen LogP contribution in [0.15, 0.2) is 57.6 Å². The van der Waals surface area contributed by atoms with E-state index in [1.807, 2.05) is 18.2 Å². The van der Waals surface area contributed by atoms with Crippen LogP contribution in [0.1, 0.15) is 56.1 Å². The number of hydrogen-bond acceptors (Lipinski definition) is 7. The minimum atomic E-state index is -0.991. The fourth-order valence-electron chi connectivity index (χ4n) is 6.06. The summed E-state index contributed by atoms with van der Waals surface area (Å²) in [5.74, 6) is 3.60. The molecular formula is C33H34BrClFN5O3S. The maximum atomic E-state index is 13.8. The molecule has 236 valence electrons. The molecule has 8 nitrogen and oxygen atoms in total. The minimum absolute atomic E-state index is 0.0343. The smallest absolute Gasteiger partial charge is 0.163 e. The predicted molar refractivity (Wildman–Crippen MR) is 180 cm³/mol. The molecule has 1 saturated carbocycles. The fraction of sp³-hybridized carbons (Fsp3) is 0.394. The van der Waals surface area contributed by atoms with Gasteiger partial charge in [-0.1, -0.05) is 11.6 Å². The molecule has 1 aliphatic carbocycles. The summed E-state index contributed by atoms with van der Waals surface area (Å²) >= 11 is 9.76. The molecule has 2 aromatic carbocycles. The number of unbranched alkanes of at least 4 members (excludes halogenated alkanes) is 1. The number of ether oxygens (including phenoxy) is 1. The Kier molecular flexibility index (Phi) is 9.12. The topological polar surface area (TPSA) is 85.4 Å². The zero-order valence-corrected chi connectivity index (χ0v) is 27.9. The molecule has 0 amide bonds. The van der Waals surface area contributed by atoms with E-state index in [0.29, 0.717) is 35.7 Å². The molecule has 0 bridgehead atoms. The number of halogens is 3. The number of furan rings is 1. The molecule has 1 unspecified atom stereocenters. The number of anilines is 2. The Morgan fingerprint density at radius 2 is 1.91 bits per heavy atom. The van der Waals surface area contributed by atoms with Gasteiger partial charge in [-0.05, 0) is 110 Å². The van der Waals surface area contributed by atoms with E-state index in [-0.39, 0.29) is 5.02 Å². The number of fused-ring (bicyclic) bond motifs is 3. The molecule has 0 spiro atoms. The van der Waals surface area contributed by atoms with E-state index in [2.05, 4.69) is 47.0 Å². The van der Waals surface area contributed by atoms with Crippen LogP contribution in [0.25, 0.3) is 21.8 Å². The molecule has 1 aliphatic heterocycles. The van der Waals surface area contributed by atoms with Crippen molar-refractivity contribution in [2.45, 2.75) is 56.9 Å². The third-order valence-electron chi connectivity index (χ3n) is 8.39. The van der Waals surface area contributed by atoms with Gasteiger partial charge in [-0.3, -0.25) is 9.11 Å². The lowest BCUT2D eigenvalue weighted by atomic mass is 10.2. The Morgan fingerprint density at radius 1 is 1.09 bits per heavy atom. The zero-order valence-electron chi connectivity index (χ0n) is 24.7. The molecule has 1 atom stereocenters. The van der Waals surface area contributed by atoms with E-state index in [1.165, 1.54) is 25.0 Å². The van der Waals surface area contributed by atoms with E-state index in [9.17, 15) is 8.60 Å². The molecule has 0 radical (unpaired) electrons. The number of nitrogens with one attached hydrogen (secondary N) is 1. The molecule has 5 aromatic rings. The molecule has 12 heteroatoms. The van der Waals surface area contributed by atoms with Gasteiger partial charge in [0.25, 0.3) is 0 Å². The third kappa shape index (κ3) is 6.91. The van der Waals surface area contributed by atoms with Crippen LogP contribution in [0.2, 0.25) is 5.02 Å². The van der Waals surface area contributed by atoms with Crippen molar-refractivity contribution >= 4 is 71.6 Å². The summed E-state index contributed by atoms with van der Waals surface area (Å²) in [5.41, 5.74) is 2.67. The highest BCUT2D eigenvalue weighted by molar-refractivity contribution is 9.10. The van der Waals surface area contributed by atoms with Crippen molar-refractivity contribution in [3.05, 3.63) is 75.5 Å². The summed E-state index contributed by atoms with van der Waals surface area (Å²) in [5, 5.41) is 13.9. The third-order valence-corrected chi connectivity index (χ3v) is 10.6. The molecule has 2 fully saturated rings. The number of rotatable bonds is 13. The van der Waals surface area contributed by atoms with Crippen molar-refractivity contribution in [1.82, 2.24) is 19.7 Å². The van der Waals surface area contributed by atoms with E-state index in [0.717, 1.165) is 88.9 Å². The molecule has 45 heavy (non-hydrogen) atoms. The Hall–Kier alpha value is -2.99. The molecular weight excluding hydrogens is 681 g/mol. The first kappa shape index (κ1) is 30.7. The van der Waals surface area contributed by atoms with Gasteiger partial charge in [0.15, 0.2) is 5.82 Å². The average Bonchev–Trinajstić information content (AvgIpc) is 3.38. The van der Waals surface area contributed by atoms with Gasteiger partial charge in [-0.2, -0.15) is 5.10 Å². The minimum Gasteiger partial charge on any atom is -0.492 e. The van der Waals surface area contributed by atoms with E-state index in [1.54, 1.807) is 12.3 Å². The van der Waals surface area contributed by atoms with Crippen molar-refractivity contribution in [2.75, 3.05) is 30.8 Å². The number of hydrogen-bond donors (Lipinski definition) is 1. The van der Waals surface area contributed by atoms with Crippen LogP contribution in [-0.4, -0.2) is 49.3 Å². The highest BCUT2D eigenvalue weighted by atomic mass is 79.9. The fourth-order valence-corrected chi connectivity index (χ4v) is 7.83. The van der Waals surface area contributed by atoms with Gasteiger partial charge < -0.3 is 19.0 Å². The van der Waals surface area contributed by atoms with Gasteiger partial charge in [0.2, 0.25) is 0 Å². The lowest BCUT2D eigenvalue weighted by Gasteiger charge is -2.11. The summed E-state index contributed by atoms with van der Waals surface area (Å²) in [6.45, 7) is 3.58. The maximum absolute atomic E-state index is 13.8. The Bertz CT molecular complexity index is 1870. The molecule has 1 N–H and O–H groups in total. The summed E-state index contributed by atoms with van der Waals surface area (Å²) in [4.78, 5) is 2.40. The number of likely N-dealkylation sites (tertiary alicyclic amines) is 1. The maximum Gasteiger partial charge on any atom is 0.163 e. The highest BCUT2D eigenvalue weighted by Gasteiger charge is 2.29. The van der Waals surface area contributed by atoms with Crippen LogP contribution in [0.5, 0.6) is 5.75 Å². The summed E-state index contributed by atoms with van der Waals surface area (Å²) < 4.78 is 41.9. The molecule has 3 aromatic heterocycles. The monoisotopic (exact) mass is 713 g/mol. The first-order chi connectivity index (χ1) is 21.9. The van der Waals surface area contributed by atoms with Crippen molar-refractivity contribution < 1.29 is 17.8 Å². The Labute approximate surface area is 276 Å². The van der Waals surface area contributed by atoms with Gasteiger partial charge in [-0.15, -0.1) is 5.10 Å². The van der Waals surface area contributed by atoms with Crippen LogP contribution in [0.3, 0.4) is 0 Å². The van der Waals surface area contributed by atoms with Gasteiger partial charge in [0, 0.05) is 33.7 Å². The molecule has 1 saturated heterocycles. The van der Waals surface area contributed by atoms with Crippen molar-refractivity contribution in [3.8, 4) is 5.75 Å². The van der Waals surface area contributed by atoms with Crippen LogP contribution in [0, 0.1) is 5.82 Å². The second-order valence-electron chi connectivity index (χ2n) is 11.8. The largest absolute Gasteiger partial charge is 0.492 e. The van der Waals surface area contributed by atoms with E-state index < -0.39 is 16.6 Å². The number of aromatic nitrogens is 3. The van der Waals surface area contributed by atoms with Crippen molar-refractivity contribution in [3.63, 3.8) is 0 Å². The highest BCUT2D eigenvalue weighted by Crippen LogP contribution is 2.46. The Balaban J connectivity index is 1.01. The number of nitrogens with zero attached hydrogens (tertiary/aromatic N) is 4. The molecule has 7 rings (SSSR count). The first-order valence-electron chi connectivity index (χ1n) is 15.4. The zero-order chi connectivity index (χ0) is 30.9. The summed E-state index contributed by atoms with van der Waals surface area (Å²) in [6, 6.07) is 13.0. The van der Waals surface area contributed by atoms with Crippen LogP contribution < -0.4 is 10.1 Å². The van der Waals surface area contributed by atoms with Gasteiger partial charge >= 0.3 is 0 Å². The molecule has 2 aliphatic rings. The first-order valence-corrected chi connectivity index (χ1v) is 18.1. The predicted octanol–water partition coefficient (Wildman–Crippen LogP) is 8.51. The SMILES string of the molecule is O=S(CCCCOc1cc2c3c(Nc4ccc(F)c(Cl)c4)nncc3n(C3CC3)c2cc1Br)Cc1ccc(CN2CCCC2)o1. The van der Waals surface area contributed by atoms with Crippen LogP contribution in [0.4, 0.5) is 15.9 Å². The summed E-state index contributed by atoms with van der Waals surface area (Å²) in [7, 11) is -0.991. The normalized spacial score (nSPS) is 16.2. The van der Waals surface area contributed by atoms with E-state index in [4.69, 9.17) is 20.8 Å². The van der Waals surface area contributed by atoms with Crippen molar-refractivity contribution in [2.24, 2.45) is 0 Å². The van der Waals surface area contributed by atoms with Gasteiger partial charge in [0.05, 0.1) is 51.0 Å². The lowest BCUT2D eigenvalue weighted by molar-refractivity contribution is 0.294.